The molecule has 0 saturated heterocycles. The first-order valence-electron chi connectivity index (χ1n) is 7.75. The van der Waals surface area contributed by atoms with E-state index < -0.39 is 0 Å². The van der Waals surface area contributed by atoms with Crippen LogP contribution in [0.2, 0.25) is 0 Å². The van der Waals surface area contributed by atoms with E-state index in [9.17, 15) is 0 Å². The van der Waals surface area contributed by atoms with Gasteiger partial charge in [0.05, 0.1) is 0 Å². The largest absolute Gasteiger partial charge is 0.343 e. The van der Waals surface area contributed by atoms with Crippen molar-refractivity contribution in [2.75, 3.05) is 13.6 Å². The smallest absolute Gasteiger partial charge is 0.0485 e. The summed E-state index contributed by atoms with van der Waals surface area (Å²) in [5, 5.41) is 1.49. The zero-order chi connectivity index (χ0) is 14.5. The molecule has 0 bridgehead atoms. The molecule has 1 aliphatic rings. The molecule has 1 aromatic heterocycles. The minimum atomic E-state index is 0.223. The van der Waals surface area contributed by atoms with E-state index in [1.54, 1.807) is 5.56 Å². The summed E-state index contributed by atoms with van der Waals surface area (Å²) in [4.78, 5) is 2.43. The highest BCUT2D eigenvalue weighted by Gasteiger charge is 2.23. The van der Waals surface area contributed by atoms with Gasteiger partial charge in [0.2, 0.25) is 0 Å². The lowest BCUT2D eigenvalue weighted by Gasteiger charge is -2.24. The zero-order valence-corrected chi connectivity index (χ0v) is 13.5. The number of likely N-dealkylation sites (N-methyl/N-ethyl adjacent to an activating group) is 1. The van der Waals surface area contributed by atoms with Crippen molar-refractivity contribution in [3.63, 3.8) is 0 Å². The van der Waals surface area contributed by atoms with Gasteiger partial charge in [-0.25, -0.2) is 0 Å². The van der Waals surface area contributed by atoms with E-state index in [1.807, 2.05) is 0 Å². The van der Waals surface area contributed by atoms with Gasteiger partial charge in [-0.2, -0.15) is 0 Å². The fourth-order valence-electron chi connectivity index (χ4n) is 3.40. The van der Waals surface area contributed by atoms with Crippen molar-refractivity contribution in [3.8, 4) is 0 Å². The lowest BCUT2D eigenvalue weighted by molar-refractivity contribution is 0.304. The van der Waals surface area contributed by atoms with Gasteiger partial charge in [0, 0.05) is 36.2 Å². The first kappa shape index (κ1) is 13.7. The van der Waals surface area contributed by atoms with E-state index >= 15 is 0 Å². The van der Waals surface area contributed by atoms with Crippen molar-refractivity contribution in [2.45, 2.75) is 52.6 Å². The van der Waals surface area contributed by atoms with Gasteiger partial charge in [-0.15, -0.1) is 0 Å². The molecule has 0 N–H and O–H groups in total. The van der Waals surface area contributed by atoms with Crippen molar-refractivity contribution in [3.05, 3.63) is 35.0 Å². The van der Waals surface area contributed by atoms with Crippen LogP contribution >= 0.6 is 0 Å². The lowest BCUT2D eigenvalue weighted by Crippen LogP contribution is -2.27. The molecule has 0 saturated carbocycles. The molecule has 0 radical (unpaired) electrons. The third-order valence-electron chi connectivity index (χ3n) is 4.63. The second kappa shape index (κ2) is 4.63. The van der Waals surface area contributed by atoms with Gasteiger partial charge in [-0.1, -0.05) is 26.8 Å². The van der Waals surface area contributed by atoms with Crippen molar-refractivity contribution >= 4 is 10.9 Å². The molecule has 2 aromatic rings. The van der Waals surface area contributed by atoms with Crippen molar-refractivity contribution in [1.82, 2.24) is 9.47 Å². The molecule has 0 fully saturated rings. The number of hydrogen-bond donors (Lipinski definition) is 0. The number of hydrogen-bond acceptors (Lipinski definition) is 1. The number of benzene rings is 1. The minimum absolute atomic E-state index is 0.223. The Labute approximate surface area is 122 Å². The standard InChI is InChI=1S/C18H26N2/c1-6-20-16-8-7-13(18(2,3)4)11-15(16)14-9-10-19(5)12-17(14)20/h7-8,11H,6,9-10,12H2,1-5H3. The van der Waals surface area contributed by atoms with E-state index in [0.29, 0.717) is 0 Å². The molecule has 2 heterocycles. The van der Waals surface area contributed by atoms with E-state index in [1.165, 1.54) is 35.1 Å². The minimum Gasteiger partial charge on any atom is -0.343 e. The number of fused-ring (bicyclic) bond motifs is 3. The third kappa shape index (κ3) is 2.07. The van der Waals surface area contributed by atoms with Gasteiger partial charge in [0.25, 0.3) is 0 Å². The Kier molecular flexibility index (Phi) is 3.17. The summed E-state index contributed by atoms with van der Waals surface area (Å²) in [5.41, 5.74) is 6.20. The first-order valence-corrected chi connectivity index (χ1v) is 7.75. The first-order chi connectivity index (χ1) is 9.41. The van der Waals surface area contributed by atoms with Crippen LogP contribution in [-0.2, 0) is 24.9 Å². The highest BCUT2D eigenvalue weighted by atomic mass is 15.1. The van der Waals surface area contributed by atoms with Crippen LogP contribution in [0, 0.1) is 0 Å². The van der Waals surface area contributed by atoms with Crippen molar-refractivity contribution < 1.29 is 0 Å². The van der Waals surface area contributed by atoms with Crippen LogP contribution in [-0.4, -0.2) is 23.1 Å². The van der Waals surface area contributed by atoms with Crippen LogP contribution in [0.5, 0.6) is 0 Å². The molecule has 0 aliphatic carbocycles. The van der Waals surface area contributed by atoms with Crippen LogP contribution in [0.1, 0.15) is 44.5 Å². The van der Waals surface area contributed by atoms with Gasteiger partial charge >= 0.3 is 0 Å². The Morgan fingerprint density at radius 3 is 2.60 bits per heavy atom. The number of rotatable bonds is 1. The van der Waals surface area contributed by atoms with Gasteiger partial charge in [-0.3, -0.25) is 0 Å². The van der Waals surface area contributed by atoms with Crippen LogP contribution < -0.4 is 0 Å². The second-order valence-electron chi connectivity index (χ2n) is 7.14. The summed E-state index contributed by atoms with van der Waals surface area (Å²) >= 11 is 0. The number of nitrogens with zero attached hydrogens (tertiary/aromatic N) is 2. The highest BCUT2D eigenvalue weighted by Crippen LogP contribution is 2.33. The number of aryl methyl sites for hydroxylation is 1. The Hall–Kier alpha value is -1.28. The average molecular weight is 270 g/mol. The van der Waals surface area contributed by atoms with Crippen LogP contribution in [0.15, 0.2) is 18.2 Å². The van der Waals surface area contributed by atoms with Gasteiger partial charge in [-0.05, 0) is 49.1 Å². The maximum atomic E-state index is 2.51. The molecule has 2 heteroatoms. The topological polar surface area (TPSA) is 8.17 Å². The molecule has 1 aliphatic heterocycles. The van der Waals surface area contributed by atoms with Gasteiger partial charge in [0.1, 0.15) is 0 Å². The van der Waals surface area contributed by atoms with E-state index in [2.05, 4.69) is 62.4 Å². The normalized spacial score (nSPS) is 16.6. The molecule has 0 unspecified atom stereocenters. The van der Waals surface area contributed by atoms with Crippen molar-refractivity contribution in [1.29, 1.82) is 0 Å². The Morgan fingerprint density at radius 2 is 1.95 bits per heavy atom. The quantitative estimate of drug-likeness (QED) is 0.762. The Bertz CT molecular complexity index is 643. The second-order valence-corrected chi connectivity index (χ2v) is 7.14. The lowest BCUT2D eigenvalue weighted by atomic mass is 9.86. The fraction of sp³-hybridized carbons (Fsp3) is 0.556. The van der Waals surface area contributed by atoms with Crippen LogP contribution in [0.25, 0.3) is 10.9 Å². The van der Waals surface area contributed by atoms with E-state index in [4.69, 9.17) is 0 Å². The SMILES string of the molecule is CCn1c2c(c3cc(C(C)(C)C)ccc31)CCN(C)C2. The fourth-order valence-corrected chi connectivity index (χ4v) is 3.40. The monoisotopic (exact) mass is 270 g/mol. The van der Waals surface area contributed by atoms with E-state index in [0.717, 1.165) is 13.1 Å². The molecule has 0 amide bonds. The summed E-state index contributed by atoms with van der Waals surface area (Å²) in [6.07, 6.45) is 1.18. The van der Waals surface area contributed by atoms with Gasteiger partial charge in [0.15, 0.2) is 0 Å². The molecule has 20 heavy (non-hydrogen) atoms. The maximum absolute atomic E-state index is 2.51. The van der Waals surface area contributed by atoms with Crippen molar-refractivity contribution in [2.24, 2.45) is 0 Å². The number of aromatic nitrogens is 1. The maximum Gasteiger partial charge on any atom is 0.0485 e. The van der Waals surface area contributed by atoms with Gasteiger partial charge < -0.3 is 9.47 Å². The molecular weight excluding hydrogens is 244 g/mol. The molecular formula is C18H26N2. The summed E-state index contributed by atoms with van der Waals surface area (Å²) in [7, 11) is 2.22. The molecule has 0 atom stereocenters. The zero-order valence-electron chi connectivity index (χ0n) is 13.5. The summed E-state index contributed by atoms with van der Waals surface area (Å²) in [6, 6.07) is 7.08. The predicted octanol–water partition coefficient (Wildman–Crippen LogP) is 3.95. The molecule has 2 nitrogen and oxygen atoms in total. The summed E-state index contributed by atoms with van der Waals surface area (Å²) in [5.74, 6) is 0. The average Bonchev–Trinajstić information content (AvgIpc) is 2.69. The molecule has 108 valence electrons. The Balaban J connectivity index is 2.25. The molecule has 1 aromatic carbocycles. The highest BCUT2D eigenvalue weighted by molar-refractivity contribution is 5.86. The summed E-state index contributed by atoms with van der Waals surface area (Å²) in [6.45, 7) is 12.5. The summed E-state index contributed by atoms with van der Waals surface area (Å²) < 4.78 is 2.51. The Morgan fingerprint density at radius 1 is 1.20 bits per heavy atom. The van der Waals surface area contributed by atoms with Crippen LogP contribution in [0.3, 0.4) is 0 Å². The van der Waals surface area contributed by atoms with Crippen LogP contribution in [0.4, 0.5) is 0 Å². The predicted molar refractivity (Wildman–Crippen MR) is 86.4 cm³/mol. The molecule has 0 spiro atoms. The molecule has 3 rings (SSSR count). The third-order valence-corrected chi connectivity index (χ3v) is 4.63. The van der Waals surface area contributed by atoms with E-state index in [-0.39, 0.29) is 5.41 Å².